The van der Waals surface area contributed by atoms with Crippen molar-refractivity contribution in [2.24, 2.45) is 0 Å². The molecule has 0 nitrogen and oxygen atoms in total. The molecule has 0 heterocycles. The zero-order chi connectivity index (χ0) is 11.1. The molecule has 0 amide bonds. The van der Waals surface area contributed by atoms with Crippen LogP contribution in [0.25, 0.3) is 5.57 Å². The van der Waals surface area contributed by atoms with Gasteiger partial charge < -0.3 is 0 Å². The summed E-state index contributed by atoms with van der Waals surface area (Å²) in [5, 5.41) is 0. The third-order valence-corrected chi connectivity index (χ3v) is 2.27. The molecule has 0 bridgehead atoms. The van der Waals surface area contributed by atoms with Crippen LogP contribution in [-0.2, 0) is 0 Å². The zero-order valence-corrected chi connectivity index (χ0v) is 9.70. The summed E-state index contributed by atoms with van der Waals surface area (Å²) in [5.74, 6) is 0. The van der Waals surface area contributed by atoms with Gasteiger partial charge in [0, 0.05) is 0 Å². The summed E-state index contributed by atoms with van der Waals surface area (Å²) in [6.07, 6.45) is 10.5. The van der Waals surface area contributed by atoms with Crippen LogP contribution in [0.4, 0.5) is 0 Å². The predicted molar refractivity (Wildman–Crippen MR) is 75.5 cm³/mol. The lowest BCUT2D eigenvalue weighted by molar-refractivity contribution is 1.42. The molecule has 0 unspecified atom stereocenters. The number of hydrogen-bond acceptors (Lipinski definition) is 0. The first kappa shape index (κ1) is 14.4. The molecular formula is C16H22. The van der Waals surface area contributed by atoms with Crippen LogP contribution in [0.15, 0.2) is 54.6 Å². The van der Waals surface area contributed by atoms with Gasteiger partial charge in [-0.2, -0.15) is 0 Å². The van der Waals surface area contributed by atoms with Gasteiger partial charge in [0.2, 0.25) is 0 Å². The quantitative estimate of drug-likeness (QED) is 0.609. The van der Waals surface area contributed by atoms with Crippen LogP contribution in [0.3, 0.4) is 0 Å². The number of aryl methyl sites for hydroxylation is 1. The Bertz CT molecular complexity index is 392. The minimum Gasteiger partial charge on any atom is -0.0876 e. The van der Waals surface area contributed by atoms with Crippen molar-refractivity contribution < 1.29 is 0 Å². The largest absolute Gasteiger partial charge is 0.0876 e. The van der Waals surface area contributed by atoms with Crippen molar-refractivity contribution in [1.82, 2.24) is 0 Å². The summed E-state index contributed by atoms with van der Waals surface area (Å²) in [6, 6.07) is 8.45. The Kier molecular flexibility index (Phi) is 6.95. The first-order valence-corrected chi connectivity index (χ1v) is 5.31. The Morgan fingerprint density at radius 2 is 1.75 bits per heavy atom. The molecule has 0 N–H and O–H groups in total. The van der Waals surface area contributed by atoms with Crippen molar-refractivity contribution in [2.45, 2.75) is 28.2 Å². The molecule has 0 radical (unpaired) electrons. The lowest BCUT2D eigenvalue weighted by Gasteiger charge is -2.05. The number of allylic oxidation sites excluding steroid dienone is 6. The zero-order valence-electron chi connectivity index (χ0n) is 9.70. The summed E-state index contributed by atoms with van der Waals surface area (Å²) >= 11 is 0. The molecular weight excluding hydrogens is 192 g/mol. The molecule has 1 aromatic carbocycles. The van der Waals surface area contributed by atoms with Crippen LogP contribution >= 0.6 is 0 Å². The van der Waals surface area contributed by atoms with Gasteiger partial charge in [0.05, 0.1) is 0 Å². The van der Waals surface area contributed by atoms with Gasteiger partial charge in [-0.05, 0) is 37.5 Å². The highest BCUT2D eigenvalue weighted by atomic mass is 14.0. The fourth-order valence-corrected chi connectivity index (χ4v) is 1.51. The van der Waals surface area contributed by atoms with Gasteiger partial charge in [0.25, 0.3) is 0 Å². The minimum absolute atomic E-state index is 0. The summed E-state index contributed by atoms with van der Waals surface area (Å²) in [5.41, 5.74) is 3.87. The monoisotopic (exact) mass is 214 g/mol. The van der Waals surface area contributed by atoms with Gasteiger partial charge in [0.1, 0.15) is 0 Å². The number of benzene rings is 1. The van der Waals surface area contributed by atoms with Gasteiger partial charge >= 0.3 is 0 Å². The van der Waals surface area contributed by atoms with Crippen molar-refractivity contribution >= 4 is 5.57 Å². The maximum atomic E-state index is 2.16. The van der Waals surface area contributed by atoms with Crippen LogP contribution in [0.2, 0.25) is 0 Å². The van der Waals surface area contributed by atoms with Crippen molar-refractivity contribution in [3.63, 3.8) is 0 Å². The van der Waals surface area contributed by atoms with E-state index in [0.717, 1.165) is 0 Å². The van der Waals surface area contributed by atoms with E-state index in [9.17, 15) is 0 Å². The first-order valence-electron chi connectivity index (χ1n) is 5.31. The second kappa shape index (κ2) is 7.70. The molecule has 0 aromatic heterocycles. The number of hydrogen-bond donors (Lipinski definition) is 0. The van der Waals surface area contributed by atoms with Crippen LogP contribution in [-0.4, -0.2) is 0 Å². The van der Waals surface area contributed by atoms with Crippen molar-refractivity contribution in [3.05, 3.63) is 65.8 Å². The van der Waals surface area contributed by atoms with Crippen molar-refractivity contribution in [1.29, 1.82) is 0 Å². The average molecular weight is 214 g/mol. The SMILES string of the molecule is C.C\C=C/C=C(\C=C\C)c1ccccc1C. The molecule has 0 fully saturated rings. The van der Waals surface area contributed by atoms with Gasteiger partial charge in [-0.15, -0.1) is 0 Å². The van der Waals surface area contributed by atoms with Gasteiger partial charge in [-0.25, -0.2) is 0 Å². The molecule has 0 aliphatic rings. The molecule has 16 heavy (non-hydrogen) atoms. The van der Waals surface area contributed by atoms with E-state index in [0.29, 0.717) is 0 Å². The Morgan fingerprint density at radius 1 is 1.06 bits per heavy atom. The molecule has 0 saturated carbocycles. The van der Waals surface area contributed by atoms with Gasteiger partial charge in [-0.3, -0.25) is 0 Å². The molecule has 0 heteroatoms. The topological polar surface area (TPSA) is 0 Å². The minimum atomic E-state index is 0. The predicted octanol–water partition coefficient (Wildman–Crippen LogP) is 5.17. The smallest absolute Gasteiger partial charge is 0.0155 e. The average Bonchev–Trinajstić information content (AvgIpc) is 2.25. The molecule has 1 aromatic rings. The van der Waals surface area contributed by atoms with Gasteiger partial charge in [0.15, 0.2) is 0 Å². The van der Waals surface area contributed by atoms with E-state index in [1.165, 1.54) is 16.7 Å². The maximum absolute atomic E-state index is 2.16. The van der Waals surface area contributed by atoms with Crippen molar-refractivity contribution in [2.75, 3.05) is 0 Å². The number of rotatable bonds is 3. The fraction of sp³-hybridized carbons (Fsp3) is 0.250. The Balaban J connectivity index is 0.00000225. The van der Waals surface area contributed by atoms with E-state index in [2.05, 4.69) is 55.5 Å². The molecule has 0 saturated heterocycles. The standard InChI is InChI=1S/C15H18.CH4/c1-4-6-11-14(9-5-2)15-12-8-7-10-13(15)3;/h4-12H,1-3H3;1H4/b6-4-,9-5+,14-11+;. The van der Waals surface area contributed by atoms with E-state index in [1.807, 2.05) is 19.9 Å². The Labute approximate surface area is 100 Å². The molecule has 86 valence electrons. The Morgan fingerprint density at radius 3 is 2.31 bits per heavy atom. The van der Waals surface area contributed by atoms with Crippen LogP contribution in [0.1, 0.15) is 32.4 Å². The third kappa shape index (κ3) is 3.90. The third-order valence-electron chi connectivity index (χ3n) is 2.27. The van der Waals surface area contributed by atoms with E-state index in [-0.39, 0.29) is 7.43 Å². The molecule has 0 atom stereocenters. The van der Waals surface area contributed by atoms with Crippen LogP contribution in [0.5, 0.6) is 0 Å². The fourth-order valence-electron chi connectivity index (χ4n) is 1.51. The summed E-state index contributed by atoms with van der Waals surface area (Å²) in [7, 11) is 0. The van der Waals surface area contributed by atoms with Crippen LogP contribution in [0, 0.1) is 6.92 Å². The van der Waals surface area contributed by atoms with E-state index in [1.54, 1.807) is 0 Å². The summed E-state index contributed by atoms with van der Waals surface area (Å²) in [6.45, 7) is 6.21. The van der Waals surface area contributed by atoms with E-state index >= 15 is 0 Å². The van der Waals surface area contributed by atoms with Crippen molar-refractivity contribution in [3.8, 4) is 0 Å². The molecule has 0 aliphatic heterocycles. The van der Waals surface area contributed by atoms with E-state index < -0.39 is 0 Å². The molecule has 1 rings (SSSR count). The van der Waals surface area contributed by atoms with Crippen LogP contribution < -0.4 is 0 Å². The lowest BCUT2D eigenvalue weighted by atomic mass is 10.00. The lowest BCUT2D eigenvalue weighted by Crippen LogP contribution is -1.85. The summed E-state index contributed by atoms with van der Waals surface area (Å²) in [4.78, 5) is 0. The van der Waals surface area contributed by atoms with E-state index in [4.69, 9.17) is 0 Å². The second-order valence-corrected chi connectivity index (χ2v) is 3.46. The maximum Gasteiger partial charge on any atom is -0.0155 e. The highest BCUT2D eigenvalue weighted by Gasteiger charge is 1.99. The molecule has 0 aliphatic carbocycles. The highest BCUT2D eigenvalue weighted by molar-refractivity contribution is 5.76. The first-order chi connectivity index (χ1) is 7.29. The van der Waals surface area contributed by atoms with Gasteiger partial charge in [-0.1, -0.05) is 62.1 Å². The Hall–Kier alpha value is -1.56. The highest BCUT2D eigenvalue weighted by Crippen LogP contribution is 2.19. The molecule has 0 spiro atoms. The normalized spacial score (nSPS) is 12.1. The summed E-state index contributed by atoms with van der Waals surface area (Å²) < 4.78 is 0. The second-order valence-electron chi connectivity index (χ2n) is 3.46.